The Hall–Kier alpha value is -6.84. The molecular formula is C50H35FO2. The number of ether oxygens (including phenoxy) is 1. The lowest BCUT2D eigenvalue weighted by atomic mass is 9.83. The molecule has 2 nitrogen and oxygen atoms in total. The Morgan fingerprint density at radius 3 is 1.94 bits per heavy atom. The average Bonchev–Trinajstić information content (AvgIpc) is 3.23. The van der Waals surface area contributed by atoms with Crippen LogP contribution in [0.2, 0.25) is 0 Å². The van der Waals surface area contributed by atoms with Crippen molar-refractivity contribution in [1.29, 1.82) is 0 Å². The van der Waals surface area contributed by atoms with Crippen LogP contribution in [-0.4, -0.2) is 5.78 Å². The van der Waals surface area contributed by atoms with Crippen molar-refractivity contribution in [3.63, 3.8) is 0 Å². The molecule has 0 aromatic heterocycles. The summed E-state index contributed by atoms with van der Waals surface area (Å²) >= 11 is 0. The summed E-state index contributed by atoms with van der Waals surface area (Å²) in [5, 5.41) is 2.45. The molecule has 9 rings (SSSR count). The van der Waals surface area contributed by atoms with E-state index in [0.29, 0.717) is 11.1 Å². The maximum Gasteiger partial charge on any atom is 0.186 e. The monoisotopic (exact) mass is 686 g/mol. The van der Waals surface area contributed by atoms with Crippen LogP contribution in [0, 0.1) is 5.82 Å². The van der Waals surface area contributed by atoms with Crippen molar-refractivity contribution >= 4 is 39.9 Å². The van der Waals surface area contributed by atoms with E-state index in [1.165, 1.54) is 16.8 Å². The topological polar surface area (TPSA) is 26.3 Å². The van der Waals surface area contributed by atoms with Gasteiger partial charge in [0.25, 0.3) is 0 Å². The molecule has 3 heteroatoms. The van der Waals surface area contributed by atoms with Gasteiger partial charge in [0.1, 0.15) is 11.6 Å². The Kier molecular flexibility index (Phi) is 9.30. The number of hydrogen-bond donors (Lipinski definition) is 0. The number of rotatable bonds is 5. The van der Waals surface area contributed by atoms with Crippen LogP contribution in [0.25, 0.3) is 34.1 Å². The summed E-state index contributed by atoms with van der Waals surface area (Å²) in [6, 6.07) is 57.6. The Bertz CT molecular complexity index is 2510. The Balaban J connectivity index is 0.000000151. The second-order valence-electron chi connectivity index (χ2n) is 12.9. The number of fused-ring (bicyclic) bond motifs is 4. The maximum atomic E-state index is 14.5. The fourth-order valence-electron chi connectivity index (χ4n) is 7.05. The van der Waals surface area contributed by atoms with Gasteiger partial charge < -0.3 is 4.74 Å². The van der Waals surface area contributed by atoms with Crippen molar-refractivity contribution in [3.8, 4) is 5.75 Å². The number of carbonyl (C=O) groups excluding carboxylic acids is 1. The second kappa shape index (κ2) is 14.8. The van der Waals surface area contributed by atoms with Crippen LogP contribution in [0.15, 0.2) is 200 Å². The highest BCUT2D eigenvalue weighted by atomic mass is 19.1. The first-order valence-electron chi connectivity index (χ1n) is 17.7. The van der Waals surface area contributed by atoms with Crippen molar-refractivity contribution in [3.05, 3.63) is 245 Å². The molecule has 0 radical (unpaired) electrons. The predicted octanol–water partition coefficient (Wildman–Crippen LogP) is 12.1. The van der Waals surface area contributed by atoms with Crippen LogP contribution in [0.5, 0.6) is 5.75 Å². The zero-order chi connectivity index (χ0) is 36.0. The highest BCUT2D eigenvalue weighted by Crippen LogP contribution is 2.44. The minimum absolute atomic E-state index is 0.0501. The smallest absolute Gasteiger partial charge is 0.186 e. The first-order valence-corrected chi connectivity index (χ1v) is 17.7. The van der Waals surface area contributed by atoms with Gasteiger partial charge in [-0.15, -0.1) is 0 Å². The quantitative estimate of drug-likeness (QED) is 0.169. The highest BCUT2D eigenvalue weighted by Gasteiger charge is 2.37. The van der Waals surface area contributed by atoms with Gasteiger partial charge in [-0.25, -0.2) is 4.39 Å². The van der Waals surface area contributed by atoms with E-state index in [2.05, 4.69) is 97.1 Å². The van der Waals surface area contributed by atoms with E-state index in [1.54, 1.807) is 24.3 Å². The SMILES string of the molecule is C1=CC(c2ccccc2)(c2ccccc2)Oc2ccc3ccccc3c21.O=C1C=Cc2ccccc2/C1=C/C=C(\c1ccccc1)c1ccccc1F. The van der Waals surface area contributed by atoms with Gasteiger partial charge in [0.15, 0.2) is 11.4 Å². The maximum absolute atomic E-state index is 14.5. The van der Waals surface area contributed by atoms with E-state index in [9.17, 15) is 9.18 Å². The summed E-state index contributed by atoms with van der Waals surface area (Å²) in [5.41, 5.74) is 7.43. The van der Waals surface area contributed by atoms with E-state index < -0.39 is 5.60 Å². The van der Waals surface area contributed by atoms with Gasteiger partial charge in [-0.3, -0.25) is 4.79 Å². The predicted molar refractivity (Wildman–Crippen MR) is 216 cm³/mol. The lowest BCUT2D eigenvalue weighted by molar-refractivity contribution is -0.109. The van der Waals surface area contributed by atoms with Crippen LogP contribution in [-0.2, 0) is 10.4 Å². The minimum Gasteiger partial charge on any atom is -0.473 e. The van der Waals surface area contributed by atoms with Gasteiger partial charge in [0.2, 0.25) is 0 Å². The molecule has 254 valence electrons. The average molecular weight is 687 g/mol. The van der Waals surface area contributed by atoms with Gasteiger partial charge in [-0.1, -0.05) is 176 Å². The van der Waals surface area contributed by atoms with Crippen molar-refractivity contribution in [2.75, 3.05) is 0 Å². The summed E-state index contributed by atoms with van der Waals surface area (Å²) in [6.45, 7) is 0. The molecule has 0 amide bonds. The molecule has 0 fully saturated rings. The largest absolute Gasteiger partial charge is 0.473 e. The Morgan fingerprint density at radius 1 is 0.585 bits per heavy atom. The van der Waals surface area contributed by atoms with Crippen LogP contribution in [0.3, 0.4) is 0 Å². The summed E-state index contributed by atoms with van der Waals surface area (Å²) < 4.78 is 21.2. The van der Waals surface area contributed by atoms with Gasteiger partial charge in [0, 0.05) is 27.8 Å². The number of ketones is 1. The third-order valence-electron chi connectivity index (χ3n) is 9.69. The van der Waals surface area contributed by atoms with Crippen LogP contribution < -0.4 is 4.74 Å². The van der Waals surface area contributed by atoms with E-state index in [0.717, 1.165) is 44.7 Å². The first-order chi connectivity index (χ1) is 26.1. The van der Waals surface area contributed by atoms with E-state index in [-0.39, 0.29) is 11.6 Å². The third-order valence-corrected chi connectivity index (χ3v) is 9.69. The molecule has 0 saturated carbocycles. The van der Waals surface area contributed by atoms with E-state index >= 15 is 0 Å². The number of allylic oxidation sites excluding steroid dienone is 4. The molecular weight excluding hydrogens is 652 g/mol. The Labute approximate surface area is 309 Å². The molecule has 1 heterocycles. The van der Waals surface area contributed by atoms with Gasteiger partial charge in [0.05, 0.1) is 0 Å². The zero-order valence-corrected chi connectivity index (χ0v) is 28.9. The fraction of sp³-hybridized carbons (Fsp3) is 0.0200. The van der Waals surface area contributed by atoms with Gasteiger partial charge in [-0.05, 0) is 69.5 Å². The molecule has 1 aliphatic heterocycles. The molecule has 0 N–H and O–H groups in total. The molecule has 0 bridgehead atoms. The Morgan fingerprint density at radius 2 is 1.21 bits per heavy atom. The molecule has 1 aliphatic carbocycles. The normalized spacial score (nSPS) is 14.8. The number of halogens is 1. The minimum atomic E-state index is -0.613. The van der Waals surface area contributed by atoms with E-state index in [4.69, 9.17) is 4.74 Å². The van der Waals surface area contributed by atoms with Crippen molar-refractivity contribution in [2.24, 2.45) is 0 Å². The fourth-order valence-corrected chi connectivity index (χ4v) is 7.05. The zero-order valence-electron chi connectivity index (χ0n) is 28.9. The molecule has 7 aromatic carbocycles. The van der Waals surface area contributed by atoms with Crippen LogP contribution >= 0.6 is 0 Å². The molecule has 0 atom stereocenters. The van der Waals surface area contributed by atoms with Gasteiger partial charge in [-0.2, -0.15) is 0 Å². The van der Waals surface area contributed by atoms with E-state index in [1.807, 2.05) is 84.9 Å². The standard InChI is InChI=1S/C25H17FO.C25H18O/c26-24-13-7-6-12-22(24)21(18-8-2-1-3-9-18)15-16-23-20-11-5-4-10-19(20)14-17-25(23)27;1-3-10-20(11-4-1)25(21-12-5-2-6-13-21)18-17-23-22-14-8-7-9-19(22)15-16-24(23)26-25/h1-17H;1-18H/b21-15+,23-16-;. The molecule has 0 unspecified atom stereocenters. The molecule has 0 saturated heterocycles. The summed E-state index contributed by atoms with van der Waals surface area (Å²) in [7, 11) is 0. The first kappa shape index (κ1) is 33.3. The summed E-state index contributed by atoms with van der Waals surface area (Å²) in [5.74, 6) is 0.575. The molecule has 7 aromatic rings. The third kappa shape index (κ3) is 6.69. The number of hydrogen-bond acceptors (Lipinski definition) is 2. The van der Waals surface area contributed by atoms with Crippen molar-refractivity contribution < 1.29 is 13.9 Å². The molecule has 0 spiro atoms. The molecule has 2 aliphatic rings. The van der Waals surface area contributed by atoms with Crippen molar-refractivity contribution in [1.82, 2.24) is 0 Å². The lowest BCUT2D eigenvalue weighted by Crippen LogP contribution is -2.34. The van der Waals surface area contributed by atoms with Crippen LogP contribution in [0.1, 0.15) is 38.9 Å². The highest BCUT2D eigenvalue weighted by molar-refractivity contribution is 6.30. The number of benzene rings is 7. The summed E-state index contributed by atoms with van der Waals surface area (Å²) in [4.78, 5) is 12.5. The summed E-state index contributed by atoms with van der Waals surface area (Å²) in [6.07, 6.45) is 11.4. The number of carbonyl (C=O) groups is 1. The van der Waals surface area contributed by atoms with Gasteiger partial charge >= 0.3 is 0 Å². The molecule has 53 heavy (non-hydrogen) atoms. The second-order valence-corrected chi connectivity index (χ2v) is 12.9. The van der Waals surface area contributed by atoms with Crippen molar-refractivity contribution in [2.45, 2.75) is 5.60 Å². The van der Waals surface area contributed by atoms with Crippen LogP contribution in [0.4, 0.5) is 4.39 Å². The lowest BCUT2D eigenvalue weighted by Gasteiger charge is -2.36.